The SMILES string of the molecule is CCCCCCCCCCCCCCCCCCCCCC(=O)OC[C@H](COC(=O)CCCCCCCCC(C)C)OC(=O)CCCCCCCCCCCCCCCCC(C)CC. The summed E-state index contributed by atoms with van der Waals surface area (Å²) in [7, 11) is 0. The standard InChI is InChI=1S/C58H112O6/c1-6-8-9-10-11-12-13-14-15-16-17-18-19-23-26-29-32-38-43-48-56(59)62-51-55(52-63-57(60)49-44-39-35-34-36-41-46-53(3)4)64-58(61)50-45-40-33-30-27-24-21-20-22-25-28-31-37-42-47-54(5)7-2/h53-55H,6-52H2,1-5H3/t54?,55-/m1/s1. The molecule has 0 N–H and O–H groups in total. The van der Waals surface area contributed by atoms with E-state index in [0.717, 1.165) is 69.6 Å². The molecule has 1 unspecified atom stereocenters. The zero-order valence-corrected chi connectivity index (χ0v) is 43.9. The summed E-state index contributed by atoms with van der Waals surface area (Å²) in [6.07, 6.45) is 53.9. The third kappa shape index (κ3) is 49.8. The molecule has 0 radical (unpaired) electrons. The summed E-state index contributed by atoms with van der Waals surface area (Å²) in [6.45, 7) is 11.4. The lowest BCUT2D eigenvalue weighted by atomic mass is 9.99. The number of ether oxygens (including phenoxy) is 3. The fraction of sp³-hybridized carbons (Fsp3) is 0.948. The van der Waals surface area contributed by atoms with Crippen LogP contribution in [0.4, 0.5) is 0 Å². The zero-order valence-electron chi connectivity index (χ0n) is 43.9. The normalized spacial score (nSPS) is 12.5. The molecule has 0 spiro atoms. The third-order valence-electron chi connectivity index (χ3n) is 13.6. The van der Waals surface area contributed by atoms with E-state index in [1.54, 1.807) is 0 Å². The van der Waals surface area contributed by atoms with Gasteiger partial charge in [-0.05, 0) is 31.1 Å². The molecule has 6 nitrogen and oxygen atoms in total. The number of esters is 3. The predicted molar refractivity (Wildman–Crippen MR) is 275 cm³/mol. The molecule has 0 heterocycles. The molecule has 0 amide bonds. The lowest BCUT2D eigenvalue weighted by Gasteiger charge is -2.18. The second-order valence-corrected chi connectivity index (χ2v) is 20.6. The molecule has 0 bridgehead atoms. The van der Waals surface area contributed by atoms with Crippen LogP contribution in [-0.4, -0.2) is 37.2 Å². The van der Waals surface area contributed by atoms with Crippen molar-refractivity contribution in [3.63, 3.8) is 0 Å². The van der Waals surface area contributed by atoms with Crippen molar-refractivity contribution in [3.8, 4) is 0 Å². The number of rotatable bonds is 52. The Bertz CT molecular complexity index is 980. The van der Waals surface area contributed by atoms with Crippen LogP contribution in [-0.2, 0) is 28.6 Å². The van der Waals surface area contributed by atoms with Crippen LogP contribution in [0.3, 0.4) is 0 Å². The molecule has 0 fully saturated rings. The first kappa shape index (κ1) is 62.4. The Balaban J connectivity index is 4.21. The molecule has 0 aromatic carbocycles. The first-order valence-corrected chi connectivity index (χ1v) is 28.8. The van der Waals surface area contributed by atoms with E-state index in [1.165, 1.54) is 212 Å². The molecule has 6 heteroatoms. The minimum Gasteiger partial charge on any atom is -0.462 e. The van der Waals surface area contributed by atoms with E-state index < -0.39 is 6.10 Å². The quantitative estimate of drug-likeness (QED) is 0.0344. The van der Waals surface area contributed by atoms with Crippen LogP contribution in [0.15, 0.2) is 0 Å². The molecule has 0 aliphatic heterocycles. The van der Waals surface area contributed by atoms with Crippen molar-refractivity contribution in [1.29, 1.82) is 0 Å². The molecule has 0 saturated heterocycles. The van der Waals surface area contributed by atoms with Gasteiger partial charge in [0.2, 0.25) is 0 Å². The number of hydrogen-bond acceptors (Lipinski definition) is 6. The average molecular weight is 906 g/mol. The minimum atomic E-state index is -0.763. The van der Waals surface area contributed by atoms with Crippen molar-refractivity contribution in [2.45, 2.75) is 330 Å². The zero-order chi connectivity index (χ0) is 46.8. The fourth-order valence-corrected chi connectivity index (χ4v) is 8.84. The Labute approximate surface area is 399 Å². The molecule has 0 aromatic rings. The van der Waals surface area contributed by atoms with Crippen molar-refractivity contribution in [1.82, 2.24) is 0 Å². The van der Waals surface area contributed by atoms with E-state index in [1.807, 2.05) is 0 Å². The highest BCUT2D eigenvalue weighted by atomic mass is 16.6. The third-order valence-corrected chi connectivity index (χ3v) is 13.6. The van der Waals surface area contributed by atoms with E-state index >= 15 is 0 Å². The maximum atomic E-state index is 12.8. The maximum Gasteiger partial charge on any atom is 0.306 e. The van der Waals surface area contributed by atoms with Crippen LogP contribution in [0.25, 0.3) is 0 Å². The van der Waals surface area contributed by atoms with Crippen molar-refractivity contribution in [2.24, 2.45) is 11.8 Å². The predicted octanol–water partition coefficient (Wildman–Crippen LogP) is 18.9. The smallest absolute Gasteiger partial charge is 0.306 e. The van der Waals surface area contributed by atoms with E-state index in [2.05, 4.69) is 34.6 Å². The van der Waals surface area contributed by atoms with Gasteiger partial charge in [0.1, 0.15) is 13.2 Å². The first-order valence-electron chi connectivity index (χ1n) is 28.8. The van der Waals surface area contributed by atoms with Crippen LogP contribution in [0.5, 0.6) is 0 Å². The summed E-state index contributed by atoms with van der Waals surface area (Å²) < 4.78 is 16.8. The van der Waals surface area contributed by atoms with Gasteiger partial charge in [-0.1, -0.05) is 285 Å². The Morgan fingerprint density at radius 3 is 0.891 bits per heavy atom. The Morgan fingerprint density at radius 1 is 0.328 bits per heavy atom. The second kappa shape index (κ2) is 50.8. The highest BCUT2D eigenvalue weighted by Crippen LogP contribution is 2.18. The van der Waals surface area contributed by atoms with Crippen molar-refractivity contribution < 1.29 is 28.6 Å². The van der Waals surface area contributed by atoms with Crippen LogP contribution in [0.2, 0.25) is 0 Å². The summed E-state index contributed by atoms with van der Waals surface area (Å²) in [5.74, 6) is 0.811. The summed E-state index contributed by atoms with van der Waals surface area (Å²) in [6, 6.07) is 0. The largest absolute Gasteiger partial charge is 0.462 e. The monoisotopic (exact) mass is 905 g/mol. The van der Waals surface area contributed by atoms with E-state index in [4.69, 9.17) is 14.2 Å². The van der Waals surface area contributed by atoms with Gasteiger partial charge in [-0.3, -0.25) is 14.4 Å². The lowest BCUT2D eigenvalue weighted by Crippen LogP contribution is -2.30. The summed E-state index contributed by atoms with van der Waals surface area (Å²) in [5, 5.41) is 0. The van der Waals surface area contributed by atoms with Crippen molar-refractivity contribution >= 4 is 17.9 Å². The highest BCUT2D eigenvalue weighted by molar-refractivity contribution is 5.71. The Morgan fingerprint density at radius 2 is 0.594 bits per heavy atom. The highest BCUT2D eigenvalue weighted by Gasteiger charge is 2.19. The van der Waals surface area contributed by atoms with E-state index in [9.17, 15) is 14.4 Å². The van der Waals surface area contributed by atoms with Crippen LogP contribution in [0.1, 0.15) is 324 Å². The summed E-state index contributed by atoms with van der Waals surface area (Å²) in [4.78, 5) is 38.0. The van der Waals surface area contributed by atoms with Crippen LogP contribution >= 0.6 is 0 Å². The average Bonchev–Trinajstić information content (AvgIpc) is 3.28. The Hall–Kier alpha value is -1.59. The summed E-state index contributed by atoms with van der Waals surface area (Å²) in [5.41, 5.74) is 0. The van der Waals surface area contributed by atoms with Crippen LogP contribution in [0, 0.1) is 11.8 Å². The van der Waals surface area contributed by atoms with Gasteiger partial charge in [0, 0.05) is 19.3 Å². The molecule has 0 rings (SSSR count). The van der Waals surface area contributed by atoms with Crippen molar-refractivity contribution in [2.75, 3.05) is 13.2 Å². The molecule has 0 saturated carbocycles. The van der Waals surface area contributed by atoms with Gasteiger partial charge in [-0.2, -0.15) is 0 Å². The molecule has 0 aliphatic carbocycles. The molecule has 64 heavy (non-hydrogen) atoms. The fourth-order valence-electron chi connectivity index (χ4n) is 8.84. The second-order valence-electron chi connectivity index (χ2n) is 20.6. The lowest BCUT2D eigenvalue weighted by molar-refractivity contribution is -0.167. The molecule has 2 atom stereocenters. The van der Waals surface area contributed by atoms with Gasteiger partial charge in [0.15, 0.2) is 6.10 Å². The van der Waals surface area contributed by atoms with Crippen LogP contribution < -0.4 is 0 Å². The molecule has 380 valence electrons. The number of carbonyl (C=O) groups is 3. The van der Waals surface area contributed by atoms with Gasteiger partial charge in [-0.25, -0.2) is 0 Å². The van der Waals surface area contributed by atoms with E-state index in [-0.39, 0.29) is 31.1 Å². The molecule has 0 aromatic heterocycles. The molecular formula is C58H112O6. The molecular weight excluding hydrogens is 793 g/mol. The minimum absolute atomic E-state index is 0.0637. The number of unbranched alkanes of at least 4 members (excludes halogenated alkanes) is 36. The van der Waals surface area contributed by atoms with Gasteiger partial charge in [0.05, 0.1) is 0 Å². The van der Waals surface area contributed by atoms with Gasteiger partial charge in [0.25, 0.3) is 0 Å². The number of carbonyl (C=O) groups excluding carboxylic acids is 3. The van der Waals surface area contributed by atoms with Crippen molar-refractivity contribution in [3.05, 3.63) is 0 Å². The van der Waals surface area contributed by atoms with Gasteiger partial charge < -0.3 is 14.2 Å². The molecule has 0 aliphatic rings. The number of hydrogen-bond donors (Lipinski definition) is 0. The van der Waals surface area contributed by atoms with Gasteiger partial charge in [-0.15, -0.1) is 0 Å². The summed E-state index contributed by atoms with van der Waals surface area (Å²) >= 11 is 0. The first-order chi connectivity index (χ1) is 31.3. The maximum absolute atomic E-state index is 12.8. The van der Waals surface area contributed by atoms with Gasteiger partial charge >= 0.3 is 17.9 Å². The topological polar surface area (TPSA) is 78.9 Å². The Kier molecular flexibility index (Phi) is 49.6. The van der Waals surface area contributed by atoms with E-state index in [0.29, 0.717) is 19.3 Å².